The summed E-state index contributed by atoms with van der Waals surface area (Å²) in [6, 6.07) is -1.80. The fourth-order valence-electron chi connectivity index (χ4n) is 2.44. The average Bonchev–Trinajstić information content (AvgIpc) is 2.97. The second-order valence-corrected chi connectivity index (χ2v) is 7.01. The van der Waals surface area contributed by atoms with Gasteiger partial charge in [-0.1, -0.05) is 6.30 Å². The number of rotatable bonds is 7. The molecular formula is C12H19B2O8PY-2. The van der Waals surface area contributed by atoms with E-state index in [1.54, 1.807) is 0 Å². The predicted molar refractivity (Wildman–Crippen MR) is 81.9 cm³/mol. The fraction of sp³-hybridized carbons (Fsp3) is 0.833. The summed E-state index contributed by atoms with van der Waals surface area (Å²) in [5, 5.41) is 18.8. The maximum Gasteiger partial charge on any atom is 0.113 e. The Morgan fingerprint density at radius 3 is 2.54 bits per heavy atom. The summed E-state index contributed by atoms with van der Waals surface area (Å²) >= 11 is 0. The van der Waals surface area contributed by atoms with E-state index in [0.29, 0.717) is 0 Å². The Labute approximate surface area is 169 Å². The molecule has 0 amide bonds. The molecule has 0 bridgehead atoms. The fourth-order valence-corrected chi connectivity index (χ4v) is 3.44. The molecule has 2 saturated heterocycles. The summed E-state index contributed by atoms with van der Waals surface area (Å²) in [4.78, 5) is 12.3. The topological polar surface area (TPSA) is 110 Å². The van der Waals surface area contributed by atoms with Crippen molar-refractivity contribution >= 4 is 29.6 Å². The van der Waals surface area contributed by atoms with Gasteiger partial charge in [0.05, 0.1) is 6.61 Å². The van der Waals surface area contributed by atoms with Crippen LogP contribution in [0.1, 0.15) is 0 Å². The third-order valence-electron chi connectivity index (χ3n) is 3.60. The van der Waals surface area contributed by atoms with E-state index in [0.717, 1.165) is 0 Å². The number of aliphatic hydroxyl groups is 2. The van der Waals surface area contributed by atoms with Gasteiger partial charge in [0.25, 0.3) is 0 Å². The Morgan fingerprint density at radius 2 is 2.00 bits per heavy atom. The van der Waals surface area contributed by atoms with Crippen molar-refractivity contribution in [1.29, 1.82) is 0 Å². The first kappa shape index (κ1) is 23.3. The molecule has 5 radical (unpaired) electrons. The average molecular weight is 433 g/mol. The van der Waals surface area contributed by atoms with Crippen molar-refractivity contribution in [3.8, 4) is 0 Å². The Kier molecular flexibility index (Phi) is 9.64. The van der Waals surface area contributed by atoms with E-state index >= 15 is 0 Å². The molecule has 2 N–H and O–H groups in total. The van der Waals surface area contributed by atoms with Crippen molar-refractivity contribution in [2.24, 2.45) is 0 Å². The van der Waals surface area contributed by atoms with E-state index in [2.05, 4.69) is 6.30 Å². The second kappa shape index (κ2) is 9.95. The van der Waals surface area contributed by atoms with E-state index in [9.17, 15) is 10.00 Å². The molecule has 2 unspecified atom stereocenters. The summed E-state index contributed by atoms with van der Waals surface area (Å²) in [6.07, 6.45) is 1.00. The molecule has 0 aliphatic carbocycles. The largest absolute Gasteiger partial charge is 0.789 e. The van der Waals surface area contributed by atoms with Gasteiger partial charge in [-0.3, -0.25) is 6.42 Å². The van der Waals surface area contributed by atoms with Gasteiger partial charge in [-0.25, -0.2) is 0 Å². The molecule has 24 heavy (non-hydrogen) atoms. The van der Waals surface area contributed by atoms with Crippen LogP contribution in [0.15, 0.2) is 0 Å². The molecular weight excluding hydrogens is 414 g/mol. The summed E-state index contributed by atoms with van der Waals surface area (Å²) in [6.45, 7) is -0.465. The zero-order valence-corrected chi connectivity index (χ0v) is 17.0. The molecule has 2 aliphatic heterocycles. The van der Waals surface area contributed by atoms with Crippen molar-refractivity contribution in [2.45, 2.75) is 42.5 Å². The van der Waals surface area contributed by atoms with Crippen LogP contribution < -0.4 is 4.89 Å². The first-order valence-corrected chi connectivity index (χ1v) is 8.76. The number of methoxy groups -OCH3 is 1. The van der Waals surface area contributed by atoms with Gasteiger partial charge in [0.1, 0.15) is 34.0 Å². The predicted octanol–water partition coefficient (Wildman–Crippen LogP) is -2.70. The molecule has 0 saturated carbocycles. The number of ether oxygens (including phenoxy) is 3. The van der Waals surface area contributed by atoms with Crippen LogP contribution >= 0.6 is 7.57 Å². The van der Waals surface area contributed by atoms with E-state index in [1.807, 2.05) is 0 Å². The first-order chi connectivity index (χ1) is 10.8. The van der Waals surface area contributed by atoms with E-state index < -0.39 is 50.1 Å². The van der Waals surface area contributed by atoms with Crippen LogP contribution in [0, 0.1) is 6.42 Å². The maximum atomic E-state index is 12.3. The molecule has 0 aromatic carbocycles. The van der Waals surface area contributed by atoms with Gasteiger partial charge in [-0.2, -0.15) is 0 Å². The Morgan fingerprint density at radius 1 is 1.33 bits per heavy atom. The van der Waals surface area contributed by atoms with Crippen LogP contribution in [0.5, 0.6) is 0 Å². The Hall–Kier alpha value is 1.21. The van der Waals surface area contributed by atoms with Crippen LogP contribution in [-0.2, 0) is 56.0 Å². The molecule has 0 spiro atoms. The summed E-state index contributed by atoms with van der Waals surface area (Å²) in [5.74, 6) is 0. The maximum absolute atomic E-state index is 12.3. The SMILES string of the molecule is [B][C@@H]1O[C@H](CO)[CH-][C@@H]1OP(=C)([O-])OC[C@H]1O[C@@H]([B])[C@@H](O)C1OC.[Y]. The minimum Gasteiger partial charge on any atom is -0.789 e. The van der Waals surface area contributed by atoms with Gasteiger partial charge < -0.3 is 38.4 Å². The van der Waals surface area contributed by atoms with Crippen LogP contribution in [0.3, 0.4) is 0 Å². The molecule has 131 valence electrons. The van der Waals surface area contributed by atoms with Crippen LogP contribution in [0.4, 0.5) is 0 Å². The van der Waals surface area contributed by atoms with Gasteiger partial charge in [0.15, 0.2) is 0 Å². The van der Waals surface area contributed by atoms with Crippen molar-refractivity contribution < 1.29 is 71.1 Å². The van der Waals surface area contributed by atoms with Crippen molar-refractivity contribution in [3.05, 3.63) is 6.42 Å². The normalized spacial score (nSPS) is 41.8. The zero-order chi connectivity index (χ0) is 17.2. The quantitative estimate of drug-likeness (QED) is 0.254. The van der Waals surface area contributed by atoms with E-state index in [1.165, 1.54) is 13.5 Å². The minimum absolute atomic E-state index is 0. The summed E-state index contributed by atoms with van der Waals surface area (Å²) in [7, 11) is 8.90. The van der Waals surface area contributed by atoms with Crippen molar-refractivity contribution in [3.63, 3.8) is 0 Å². The third kappa shape index (κ3) is 5.86. The summed E-state index contributed by atoms with van der Waals surface area (Å²) < 4.78 is 25.9. The molecule has 2 aliphatic rings. The Bertz CT molecular complexity index is 447. The standard InChI is InChI=1S/C12H19B2O8P.Y/c1-18-10-8(21-12(14)9(10)16)5-19-23(2,17)22-7-3-6(4-15)20-11(7)13;/h3,6-12,15-16H,2,4-5H2,1H3;/q-2;/t6-,7-,8+,9-,10?,11+,12+,23?;/m0./s1. The van der Waals surface area contributed by atoms with Gasteiger partial charge in [-0.05, 0) is 12.2 Å². The van der Waals surface area contributed by atoms with Crippen molar-refractivity contribution in [1.82, 2.24) is 0 Å². The molecule has 8 atom stereocenters. The zero-order valence-electron chi connectivity index (χ0n) is 13.3. The van der Waals surface area contributed by atoms with Gasteiger partial charge >= 0.3 is 0 Å². The van der Waals surface area contributed by atoms with E-state index in [4.69, 9.17) is 44.1 Å². The minimum atomic E-state index is -3.73. The molecule has 12 heteroatoms. The Balaban J connectivity index is 0.00000288. The first-order valence-electron chi connectivity index (χ1n) is 7.03. The number of hydrogen-bond donors (Lipinski definition) is 2. The van der Waals surface area contributed by atoms with Crippen LogP contribution in [0.2, 0.25) is 0 Å². The van der Waals surface area contributed by atoms with Crippen LogP contribution in [0.25, 0.3) is 0 Å². The molecule has 2 rings (SSSR count). The van der Waals surface area contributed by atoms with Crippen molar-refractivity contribution in [2.75, 3.05) is 20.3 Å². The molecule has 2 fully saturated rings. The third-order valence-corrected chi connectivity index (χ3v) is 4.71. The molecule has 2 heterocycles. The number of aliphatic hydroxyl groups excluding tert-OH is 2. The second-order valence-electron chi connectivity index (χ2n) is 5.32. The number of hydrogen-bond acceptors (Lipinski definition) is 8. The van der Waals surface area contributed by atoms with Gasteiger partial charge in [-0.15, -0.1) is 0 Å². The van der Waals surface area contributed by atoms with Gasteiger partial charge in [0, 0.05) is 66.0 Å². The molecule has 0 aromatic heterocycles. The smallest absolute Gasteiger partial charge is 0.113 e. The van der Waals surface area contributed by atoms with E-state index in [-0.39, 0.29) is 45.9 Å². The van der Waals surface area contributed by atoms with Crippen LogP contribution in [-0.4, -0.2) is 95.1 Å². The molecule has 8 nitrogen and oxygen atoms in total. The van der Waals surface area contributed by atoms with Gasteiger partial charge in [0.2, 0.25) is 0 Å². The summed E-state index contributed by atoms with van der Waals surface area (Å²) in [5.41, 5.74) is 0. The monoisotopic (exact) mass is 433 g/mol. The molecule has 0 aromatic rings.